The van der Waals surface area contributed by atoms with Gasteiger partial charge in [0.25, 0.3) is 0 Å². The van der Waals surface area contributed by atoms with Crippen LogP contribution >= 0.6 is 0 Å². The number of para-hydroxylation sites is 2. The van der Waals surface area contributed by atoms with Gasteiger partial charge in [0.05, 0.1) is 12.6 Å². The maximum absolute atomic E-state index is 11.2. The summed E-state index contributed by atoms with van der Waals surface area (Å²) in [5.41, 5.74) is 2.00. The molecule has 0 saturated heterocycles. The number of carboxylic acid groups (broad SMARTS) is 2. The number of carbonyl (C=O) groups is 2. The molecule has 2 aromatic carbocycles. The lowest BCUT2D eigenvalue weighted by Crippen LogP contribution is -2.42. The van der Waals surface area contributed by atoms with Gasteiger partial charge in [0.1, 0.15) is 6.04 Å². The third kappa shape index (κ3) is 4.27. The molecule has 0 spiro atoms. The quantitative estimate of drug-likeness (QED) is 0.459. The van der Waals surface area contributed by atoms with Crippen LogP contribution in [0.4, 0.5) is 0 Å². The Hall–Kier alpha value is -2.90. The predicted octanol–water partition coefficient (Wildman–Crippen LogP) is 2.06. The van der Waals surface area contributed by atoms with Crippen molar-refractivity contribution >= 4 is 33.7 Å². The molecular formula is C20H22N2O5. The zero-order valence-corrected chi connectivity index (χ0v) is 14.7. The van der Waals surface area contributed by atoms with Crippen molar-refractivity contribution in [2.75, 3.05) is 6.54 Å². The van der Waals surface area contributed by atoms with Crippen LogP contribution in [0.5, 0.6) is 0 Å². The number of aromatic nitrogens is 1. The van der Waals surface area contributed by atoms with E-state index in [1.165, 1.54) is 0 Å². The van der Waals surface area contributed by atoms with E-state index in [1.54, 1.807) is 0 Å². The number of fused-ring (bicyclic) bond motifs is 3. The number of nitrogens with zero attached hydrogens (tertiary/aromatic N) is 1. The van der Waals surface area contributed by atoms with Gasteiger partial charge < -0.3 is 25.2 Å². The monoisotopic (exact) mass is 370 g/mol. The number of hydrogen-bond donors (Lipinski definition) is 4. The standard InChI is InChI=1S/C20H22N2O5/c23-13(11-21-16(20(26)27)9-10-19(24)25)12-22-17-7-3-1-5-14(17)15-6-2-4-8-18(15)22/h1-8,13,16,21,23H,9-12H2,(H,24,25)(H,26,27). The van der Waals surface area contributed by atoms with Crippen LogP contribution < -0.4 is 5.32 Å². The highest BCUT2D eigenvalue weighted by Crippen LogP contribution is 2.28. The average molecular weight is 370 g/mol. The first-order valence-electron chi connectivity index (χ1n) is 8.79. The fourth-order valence-corrected chi connectivity index (χ4v) is 3.33. The summed E-state index contributed by atoms with van der Waals surface area (Å²) in [6.45, 7) is 0.351. The first kappa shape index (κ1) is 18.9. The number of nitrogens with one attached hydrogen (secondary N) is 1. The molecule has 1 aromatic heterocycles. The Labute approximate surface area is 155 Å². The van der Waals surface area contributed by atoms with Crippen LogP contribution in [0.1, 0.15) is 12.8 Å². The third-order valence-electron chi connectivity index (χ3n) is 4.62. The number of benzene rings is 2. The van der Waals surface area contributed by atoms with Crippen LogP contribution in [0.15, 0.2) is 48.5 Å². The molecule has 7 nitrogen and oxygen atoms in total. The molecule has 142 valence electrons. The zero-order chi connectivity index (χ0) is 19.4. The summed E-state index contributed by atoms with van der Waals surface area (Å²) in [4.78, 5) is 21.9. The van der Waals surface area contributed by atoms with Crippen molar-refractivity contribution in [2.24, 2.45) is 0 Å². The molecule has 0 aliphatic carbocycles. The minimum Gasteiger partial charge on any atom is -0.481 e. The molecule has 0 saturated carbocycles. The van der Waals surface area contributed by atoms with Crippen LogP contribution in [0, 0.1) is 0 Å². The normalized spacial score (nSPS) is 13.7. The Morgan fingerprint density at radius 1 is 0.963 bits per heavy atom. The van der Waals surface area contributed by atoms with Crippen molar-refractivity contribution in [1.29, 1.82) is 0 Å². The molecule has 7 heteroatoms. The third-order valence-corrected chi connectivity index (χ3v) is 4.62. The lowest BCUT2D eigenvalue weighted by molar-refractivity contribution is -0.140. The lowest BCUT2D eigenvalue weighted by Gasteiger charge is -2.18. The Bertz CT molecular complexity index is 912. The number of aliphatic hydroxyl groups is 1. The van der Waals surface area contributed by atoms with Crippen molar-refractivity contribution in [3.8, 4) is 0 Å². The summed E-state index contributed by atoms with van der Waals surface area (Å²) in [6, 6.07) is 14.9. The van der Waals surface area contributed by atoms with E-state index in [0.29, 0.717) is 6.54 Å². The summed E-state index contributed by atoms with van der Waals surface area (Å²) in [6.07, 6.45) is -1.10. The molecule has 27 heavy (non-hydrogen) atoms. The molecule has 1 heterocycles. The lowest BCUT2D eigenvalue weighted by atomic mass is 10.1. The molecule has 3 aromatic rings. The average Bonchev–Trinajstić information content (AvgIpc) is 2.95. The minimum atomic E-state index is -1.12. The van der Waals surface area contributed by atoms with Crippen molar-refractivity contribution in [2.45, 2.75) is 31.5 Å². The van der Waals surface area contributed by atoms with Crippen LogP contribution in [-0.2, 0) is 16.1 Å². The summed E-state index contributed by atoms with van der Waals surface area (Å²) >= 11 is 0. The zero-order valence-electron chi connectivity index (χ0n) is 14.7. The van der Waals surface area contributed by atoms with Gasteiger partial charge in [0.2, 0.25) is 0 Å². The molecule has 0 amide bonds. The molecule has 0 fully saturated rings. The Morgan fingerprint density at radius 2 is 1.52 bits per heavy atom. The summed E-state index contributed by atoms with van der Waals surface area (Å²) < 4.78 is 2.02. The van der Waals surface area contributed by atoms with Gasteiger partial charge in [-0.25, -0.2) is 0 Å². The van der Waals surface area contributed by atoms with Gasteiger partial charge in [-0.1, -0.05) is 36.4 Å². The number of rotatable bonds is 9. The number of hydrogen-bond acceptors (Lipinski definition) is 4. The molecule has 0 radical (unpaired) electrons. The molecule has 0 aliphatic rings. The molecule has 0 bridgehead atoms. The van der Waals surface area contributed by atoms with E-state index in [1.807, 2.05) is 53.1 Å². The molecule has 2 atom stereocenters. The second-order valence-electron chi connectivity index (χ2n) is 6.53. The van der Waals surface area contributed by atoms with Gasteiger partial charge in [-0.2, -0.15) is 0 Å². The van der Waals surface area contributed by atoms with Crippen LogP contribution in [0.3, 0.4) is 0 Å². The van der Waals surface area contributed by atoms with Gasteiger partial charge in [-0.3, -0.25) is 9.59 Å². The topological polar surface area (TPSA) is 112 Å². The van der Waals surface area contributed by atoms with Gasteiger partial charge in [-0.05, 0) is 18.6 Å². The maximum atomic E-state index is 11.2. The molecule has 0 aliphatic heterocycles. The smallest absolute Gasteiger partial charge is 0.320 e. The maximum Gasteiger partial charge on any atom is 0.320 e. The van der Waals surface area contributed by atoms with Crippen LogP contribution in [0.2, 0.25) is 0 Å². The van der Waals surface area contributed by atoms with Crippen LogP contribution in [-0.4, -0.2) is 50.5 Å². The Balaban J connectivity index is 1.74. The highest BCUT2D eigenvalue weighted by atomic mass is 16.4. The highest BCUT2D eigenvalue weighted by Gasteiger charge is 2.20. The Morgan fingerprint density at radius 3 is 2.04 bits per heavy atom. The molecule has 3 rings (SSSR count). The SMILES string of the molecule is O=C(O)CCC(NCC(O)Cn1c2ccccc2c2ccccc21)C(=O)O. The van der Waals surface area contributed by atoms with E-state index in [-0.39, 0.29) is 19.4 Å². The van der Waals surface area contributed by atoms with E-state index in [0.717, 1.165) is 21.8 Å². The summed E-state index contributed by atoms with van der Waals surface area (Å²) in [7, 11) is 0. The predicted molar refractivity (Wildman–Crippen MR) is 102 cm³/mol. The number of aliphatic carboxylic acids is 2. The van der Waals surface area contributed by atoms with E-state index >= 15 is 0 Å². The first-order chi connectivity index (χ1) is 13.0. The minimum absolute atomic E-state index is 0.0350. The summed E-state index contributed by atoms with van der Waals surface area (Å²) in [5.74, 6) is -2.17. The van der Waals surface area contributed by atoms with Crippen molar-refractivity contribution < 1.29 is 24.9 Å². The van der Waals surface area contributed by atoms with Crippen LogP contribution in [0.25, 0.3) is 21.8 Å². The summed E-state index contributed by atoms with van der Waals surface area (Å²) in [5, 5.41) is 33.3. The second-order valence-corrected chi connectivity index (χ2v) is 6.53. The molecular weight excluding hydrogens is 348 g/mol. The fourth-order valence-electron chi connectivity index (χ4n) is 3.33. The number of aliphatic hydroxyl groups excluding tert-OH is 1. The van der Waals surface area contributed by atoms with Crippen molar-refractivity contribution in [3.63, 3.8) is 0 Å². The number of carboxylic acids is 2. The second kappa shape index (κ2) is 8.20. The van der Waals surface area contributed by atoms with E-state index in [2.05, 4.69) is 5.32 Å². The fraction of sp³-hybridized carbons (Fsp3) is 0.300. The van der Waals surface area contributed by atoms with Gasteiger partial charge in [-0.15, -0.1) is 0 Å². The van der Waals surface area contributed by atoms with Crippen molar-refractivity contribution in [3.05, 3.63) is 48.5 Å². The Kier molecular flexibility index (Phi) is 5.73. The van der Waals surface area contributed by atoms with E-state index in [9.17, 15) is 19.8 Å². The van der Waals surface area contributed by atoms with Gasteiger partial charge >= 0.3 is 11.9 Å². The van der Waals surface area contributed by atoms with Gasteiger partial charge in [0, 0.05) is 34.8 Å². The molecule has 2 unspecified atom stereocenters. The highest BCUT2D eigenvalue weighted by molar-refractivity contribution is 6.07. The van der Waals surface area contributed by atoms with Crippen molar-refractivity contribution in [1.82, 2.24) is 9.88 Å². The van der Waals surface area contributed by atoms with Gasteiger partial charge in [0.15, 0.2) is 0 Å². The van der Waals surface area contributed by atoms with E-state index < -0.39 is 24.1 Å². The molecule has 4 N–H and O–H groups in total. The largest absolute Gasteiger partial charge is 0.481 e. The van der Waals surface area contributed by atoms with E-state index in [4.69, 9.17) is 5.11 Å². The first-order valence-corrected chi connectivity index (χ1v) is 8.79.